The van der Waals surface area contributed by atoms with E-state index in [0.717, 1.165) is 16.0 Å². The van der Waals surface area contributed by atoms with E-state index in [1.165, 1.54) is 11.3 Å². The summed E-state index contributed by atoms with van der Waals surface area (Å²) < 4.78 is 5.79. The molecule has 3 N–H and O–H groups in total. The number of hydrogen-bond donors (Lipinski definition) is 2. The molecule has 3 aromatic carbocycles. The van der Waals surface area contributed by atoms with Crippen LogP contribution in [-0.2, 0) is 19.6 Å². The molecule has 0 saturated carbocycles. The number of amides is 3. The molecule has 37 heavy (non-hydrogen) atoms. The van der Waals surface area contributed by atoms with Gasteiger partial charge in [-0.3, -0.25) is 14.4 Å². The van der Waals surface area contributed by atoms with Crippen LogP contribution >= 0.6 is 11.3 Å². The zero-order chi connectivity index (χ0) is 25.8. The van der Waals surface area contributed by atoms with E-state index in [2.05, 4.69) is 5.32 Å². The van der Waals surface area contributed by atoms with Gasteiger partial charge in [-0.2, -0.15) is 0 Å². The van der Waals surface area contributed by atoms with Crippen LogP contribution in [0.5, 0.6) is 5.75 Å². The number of primary amides is 1. The molecule has 3 amide bonds. The molecular formula is C29H25N3O4S. The number of anilines is 1. The Kier molecular flexibility index (Phi) is 7.00. The number of carbonyl (C=O) groups is 3. The summed E-state index contributed by atoms with van der Waals surface area (Å²) in [5, 5.41) is 3.26. The fraction of sp³-hybridized carbons (Fsp3) is 0.138. The van der Waals surface area contributed by atoms with Gasteiger partial charge >= 0.3 is 0 Å². The molecule has 1 aliphatic heterocycles. The van der Waals surface area contributed by atoms with Crippen LogP contribution in [0.15, 0.2) is 84.9 Å². The van der Waals surface area contributed by atoms with Crippen LogP contribution in [0.1, 0.15) is 47.1 Å². The molecule has 0 radical (unpaired) electrons. The van der Waals surface area contributed by atoms with Gasteiger partial charge in [-0.25, -0.2) is 0 Å². The highest BCUT2D eigenvalue weighted by Gasteiger charge is 2.30. The highest BCUT2D eigenvalue weighted by Crippen LogP contribution is 2.37. The molecular weight excluding hydrogens is 486 g/mol. The van der Waals surface area contributed by atoms with Gasteiger partial charge < -0.3 is 20.7 Å². The fourth-order valence-corrected chi connectivity index (χ4v) is 5.57. The number of benzene rings is 3. The maximum Gasteiger partial charge on any atom is 0.256 e. The lowest BCUT2D eigenvalue weighted by molar-refractivity contribution is 0.0737. The molecule has 0 atom stereocenters. The van der Waals surface area contributed by atoms with E-state index in [1.807, 2.05) is 48.5 Å². The Morgan fingerprint density at radius 2 is 1.57 bits per heavy atom. The summed E-state index contributed by atoms with van der Waals surface area (Å²) in [6, 6.07) is 25.7. The number of fused-ring (bicyclic) bond motifs is 1. The molecule has 4 aromatic rings. The Labute approximate surface area is 218 Å². The van der Waals surface area contributed by atoms with Crippen molar-refractivity contribution in [3.63, 3.8) is 0 Å². The first-order valence-electron chi connectivity index (χ1n) is 11.9. The minimum Gasteiger partial charge on any atom is -0.489 e. The van der Waals surface area contributed by atoms with Crippen molar-refractivity contribution in [2.45, 2.75) is 19.6 Å². The second kappa shape index (κ2) is 10.7. The summed E-state index contributed by atoms with van der Waals surface area (Å²) >= 11 is 1.29. The first-order chi connectivity index (χ1) is 18.0. The number of ether oxygens (including phenoxy) is 1. The molecule has 0 spiro atoms. The van der Waals surface area contributed by atoms with Crippen molar-refractivity contribution in [2.24, 2.45) is 5.73 Å². The molecule has 0 bridgehead atoms. The minimum absolute atomic E-state index is 0.0690. The molecule has 0 aliphatic carbocycles. The van der Waals surface area contributed by atoms with Crippen molar-refractivity contribution >= 4 is 34.1 Å². The topological polar surface area (TPSA) is 102 Å². The Balaban J connectivity index is 1.29. The molecule has 8 heteroatoms. The zero-order valence-corrected chi connectivity index (χ0v) is 20.8. The van der Waals surface area contributed by atoms with E-state index < -0.39 is 5.91 Å². The van der Waals surface area contributed by atoms with Gasteiger partial charge in [0.15, 0.2) is 0 Å². The summed E-state index contributed by atoms with van der Waals surface area (Å²) in [6.07, 6.45) is 0.492. The van der Waals surface area contributed by atoms with Gasteiger partial charge in [-0.15, -0.1) is 11.3 Å². The van der Waals surface area contributed by atoms with Crippen LogP contribution in [0, 0.1) is 0 Å². The highest BCUT2D eigenvalue weighted by atomic mass is 32.1. The Hall–Kier alpha value is -4.43. The van der Waals surface area contributed by atoms with Crippen molar-refractivity contribution in [1.29, 1.82) is 0 Å². The van der Waals surface area contributed by atoms with Crippen LogP contribution in [0.25, 0.3) is 0 Å². The van der Waals surface area contributed by atoms with Crippen LogP contribution in [-0.4, -0.2) is 29.2 Å². The van der Waals surface area contributed by atoms with Gasteiger partial charge in [0, 0.05) is 22.5 Å². The predicted molar refractivity (Wildman–Crippen MR) is 143 cm³/mol. The quantitative estimate of drug-likeness (QED) is 0.369. The van der Waals surface area contributed by atoms with Crippen LogP contribution < -0.4 is 15.8 Å². The maximum atomic E-state index is 13.0. The van der Waals surface area contributed by atoms with Gasteiger partial charge in [-0.1, -0.05) is 48.5 Å². The minimum atomic E-state index is -0.597. The summed E-state index contributed by atoms with van der Waals surface area (Å²) in [6.45, 7) is 1.26. The maximum absolute atomic E-state index is 13.0. The molecule has 186 valence electrons. The van der Waals surface area contributed by atoms with E-state index in [4.69, 9.17) is 10.5 Å². The molecule has 1 aliphatic rings. The Morgan fingerprint density at radius 3 is 2.24 bits per heavy atom. The fourth-order valence-electron chi connectivity index (χ4n) is 4.31. The van der Waals surface area contributed by atoms with E-state index in [1.54, 1.807) is 41.3 Å². The molecule has 0 saturated heterocycles. The Bertz CT molecular complexity index is 1430. The van der Waals surface area contributed by atoms with Crippen molar-refractivity contribution in [2.75, 3.05) is 11.9 Å². The van der Waals surface area contributed by atoms with Crippen molar-refractivity contribution < 1.29 is 19.1 Å². The van der Waals surface area contributed by atoms with Crippen LogP contribution in [0.3, 0.4) is 0 Å². The summed E-state index contributed by atoms with van der Waals surface area (Å²) in [7, 11) is 0. The van der Waals surface area contributed by atoms with E-state index in [0.29, 0.717) is 53.6 Å². The third kappa shape index (κ3) is 5.39. The van der Waals surface area contributed by atoms with Crippen LogP contribution in [0.2, 0.25) is 0 Å². The summed E-state index contributed by atoms with van der Waals surface area (Å²) in [5.41, 5.74) is 8.92. The molecule has 0 fully saturated rings. The first kappa shape index (κ1) is 24.3. The number of nitrogens with two attached hydrogens (primary N) is 1. The smallest absolute Gasteiger partial charge is 0.256 e. The largest absolute Gasteiger partial charge is 0.489 e. The van der Waals surface area contributed by atoms with Crippen molar-refractivity contribution in [3.8, 4) is 5.75 Å². The number of nitrogens with one attached hydrogen (secondary N) is 1. The van der Waals surface area contributed by atoms with Gasteiger partial charge in [0.1, 0.15) is 17.4 Å². The number of rotatable bonds is 7. The van der Waals surface area contributed by atoms with Gasteiger partial charge in [-0.05, 0) is 53.9 Å². The number of carbonyl (C=O) groups excluding carboxylic acids is 3. The lowest BCUT2D eigenvalue weighted by Gasteiger charge is -2.27. The number of thiophene rings is 1. The predicted octanol–water partition coefficient (Wildman–Crippen LogP) is 4.88. The standard InChI is InChI=1S/C29H25N3O4S/c30-26(33)25-23-15-16-32(29(35)21-9-5-2-6-10-21)17-24(23)37-28(25)31-27(34)20-11-13-22(14-12-20)36-18-19-7-3-1-4-8-19/h1-14H,15-18H2,(H2,30,33)(H,31,34). The third-order valence-electron chi connectivity index (χ3n) is 6.20. The van der Waals surface area contributed by atoms with Gasteiger partial charge in [0.2, 0.25) is 0 Å². The highest BCUT2D eigenvalue weighted by molar-refractivity contribution is 7.17. The van der Waals surface area contributed by atoms with Crippen molar-refractivity contribution in [1.82, 2.24) is 4.90 Å². The van der Waals surface area contributed by atoms with E-state index in [9.17, 15) is 14.4 Å². The Morgan fingerprint density at radius 1 is 0.892 bits per heavy atom. The monoisotopic (exact) mass is 511 g/mol. The molecule has 7 nitrogen and oxygen atoms in total. The lowest BCUT2D eigenvalue weighted by Crippen LogP contribution is -2.35. The lowest BCUT2D eigenvalue weighted by atomic mass is 10.0. The second-order valence-corrected chi connectivity index (χ2v) is 9.77. The van der Waals surface area contributed by atoms with E-state index in [-0.39, 0.29) is 11.8 Å². The normalized spacial score (nSPS) is 12.5. The molecule has 5 rings (SSSR count). The third-order valence-corrected chi connectivity index (χ3v) is 7.34. The van der Waals surface area contributed by atoms with Crippen molar-refractivity contribution in [3.05, 3.63) is 118 Å². The van der Waals surface area contributed by atoms with Crippen LogP contribution in [0.4, 0.5) is 5.00 Å². The average Bonchev–Trinajstić information content (AvgIpc) is 3.30. The zero-order valence-electron chi connectivity index (χ0n) is 20.0. The summed E-state index contributed by atoms with van der Waals surface area (Å²) in [4.78, 5) is 40.8. The number of nitrogens with zero attached hydrogens (tertiary/aromatic N) is 1. The number of hydrogen-bond acceptors (Lipinski definition) is 5. The molecule has 0 unspecified atom stereocenters. The average molecular weight is 512 g/mol. The van der Waals surface area contributed by atoms with Gasteiger partial charge in [0.05, 0.1) is 12.1 Å². The van der Waals surface area contributed by atoms with E-state index >= 15 is 0 Å². The second-order valence-electron chi connectivity index (χ2n) is 8.67. The first-order valence-corrected chi connectivity index (χ1v) is 12.7. The molecule has 1 aromatic heterocycles. The SMILES string of the molecule is NC(=O)c1c(NC(=O)c2ccc(OCc3ccccc3)cc2)sc2c1CCN(C(=O)c1ccccc1)C2. The van der Waals surface area contributed by atoms with Gasteiger partial charge in [0.25, 0.3) is 17.7 Å². The molecule has 2 heterocycles. The summed E-state index contributed by atoms with van der Waals surface area (Å²) in [5.74, 6) is -0.373.